The minimum absolute atomic E-state index is 0.0832. The van der Waals surface area contributed by atoms with E-state index in [1.54, 1.807) is 24.0 Å². The van der Waals surface area contributed by atoms with E-state index in [1.165, 1.54) is 11.8 Å². The Kier molecular flexibility index (Phi) is 10.6. The minimum Gasteiger partial charge on any atom is -0.354 e. The van der Waals surface area contributed by atoms with E-state index >= 15 is 0 Å². The molecule has 0 bridgehead atoms. The summed E-state index contributed by atoms with van der Waals surface area (Å²) in [6.07, 6.45) is 1.91. The van der Waals surface area contributed by atoms with Gasteiger partial charge in [0.15, 0.2) is 0 Å². The van der Waals surface area contributed by atoms with Crippen LogP contribution in [0.1, 0.15) is 37.8 Å². The Morgan fingerprint density at radius 2 is 1.80 bits per heavy atom. The number of nitrogens with one attached hydrogen (secondary N) is 1. The summed E-state index contributed by atoms with van der Waals surface area (Å²) >= 11 is 13.7. The first kappa shape index (κ1) is 24.6. The number of rotatable bonds is 11. The van der Waals surface area contributed by atoms with Crippen LogP contribution in [-0.2, 0) is 21.9 Å². The predicted molar refractivity (Wildman–Crippen MR) is 127 cm³/mol. The zero-order valence-corrected chi connectivity index (χ0v) is 19.7. The lowest BCUT2D eigenvalue weighted by molar-refractivity contribution is -0.138. The number of benzene rings is 2. The van der Waals surface area contributed by atoms with Crippen LogP contribution in [-0.4, -0.2) is 35.1 Å². The summed E-state index contributed by atoms with van der Waals surface area (Å²) < 4.78 is 0. The van der Waals surface area contributed by atoms with E-state index in [1.807, 2.05) is 36.4 Å². The molecule has 2 amide bonds. The number of halogens is 2. The maximum atomic E-state index is 13.0. The second kappa shape index (κ2) is 12.9. The second-order valence-electron chi connectivity index (χ2n) is 7.07. The predicted octanol–water partition coefficient (Wildman–Crippen LogP) is 5.56. The quantitative estimate of drug-likeness (QED) is 0.440. The lowest BCUT2D eigenvalue weighted by atomic mass is 10.1. The Hall–Kier alpha value is -1.69. The van der Waals surface area contributed by atoms with Gasteiger partial charge in [-0.25, -0.2) is 0 Å². The van der Waals surface area contributed by atoms with E-state index in [9.17, 15) is 9.59 Å². The van der Waals surface area contributed by atoms with Gasteiger partial charge in [-0.15, -0.1) is 11.8 Å². The number of nitrogens with zero attached hydrogens (tertiary/aromatic N) is 1. The summed E-state index contributed by atoms with van der Waals surface area (Å²) in [5.74, 6) is 0.803. The summed E-state index contributed by atoms with van der Waals surface area (Å²) in [6.45, 7) is 4.74. The number of hydrogen-bond acceptors (Lipinski definition) is 3. The summed E-state index contributed by atoms with van der Waals surface area (Å²) in [5.41, 5.74) is 2.00. The van der Waals surface area contributed by atoms with Crippen LogP contribution in [0, 0.1) is 0 Å². The van der Waals surface area contributed by atoms with Crippen LogP contribution in [0.15, 0.2) is 48.5 Å². The van der Waals surface area contributed by atoms with Crippen LogP contribution in [0.2, 0.25) is 10.0 Å². The van der Waals surface area contributed by atoms with Gasteiger partial charge in [0.25, 0.3) is 0 Å². The van der Waals surface area contributed by atoms with E-state index in [-0.39, 0.29) is 11.8 Å². The molecule has 2 aromatic rings. The number of amides is 2. The number of hydrogen-bond donors (Lipinski definition) is 1. The molecule has 0 aliphatic heterocycles. The number of carbonyl (C=O) groups is 2. The first-order valence-electron chi connectivity index (χ1n) is 10.0. The van der Waals surface area contributed by atoms with Crippen molar-refractivity contribution in [2.24, 2.45) is 0 Å². The molecule has 7 heteroatoms. The van der Waals surface area contributed by atoms with Gasteiger partial charge in [0.2, 0.25) is 11.8 Å². The summed E-state index contributed by atoms with van der Waals surface area (Å²) in [7, 11) is 0. The summed E-state index contributed by atoms with van der Waals surface area (Å²) in [4.78, 5) is 27.3. The maximum Gasteiger partial charge on any atom is 0.242 e. The van der Waals surface area contributed by atoms with E-state index in [0.717, 1.165) is 29.7 Å². The maximum absolute atomic E-state index is 13.0. The number of carbonyl (C=O) groups excluding carboxylic acids is 2. The Labute approximate surface area is 193 Å². The van der Waals surface area contributed by atoms with Gasteiger partial charge in [0.05, 0.1) is 15.8 Å². The normalized spacial score (nSPS) is 11.7. The molecule has 4 nitrogen and oxygen atoms in total. The molecule has 0 aliphatic rings. The van der Waals surface area contributed by atoms with Crippen molar-refractivity contribution in [1.29, 1.82) is 0 Å². The summed E-state index contributed by atoms with van der Waals surface area (Å²) in [6, 6.07) is 14.7. The molecule has 0 aliphatic carbocycles. The molecule has 0 unspecified atom stereocenters. The third-order valence-corrected chi connectivity index (χ3v) is 6.40. The zero-order valence-electron chi connectivity index (χ0n) is 17.4. The molecule has 1 N–H and O–H groups in total. The van der Waals surface area contributed by atoms with Gasteiger partial charge in [-0.2, -0.15) is 0 Å². The van der Waals surface area contributed by atoms with Crippen LogP contribution in [0.3, 0.4) is 0 Å². The fourth-order valence-corrected chi connectivity index (χ4v) is 4.06. The topological polar surface area (TPSA) is 49.4 Å². The third kappa shape index (κ3) is 7.86. The number of unbranched alkanes of at least 4 members (excludes halogenated alkanes) is 1. The Morgan fingerprint density at radius 1 is 1.07 bits per heavy atom. The van der Waals surface area contributed by atoms with Crippen molar-refractivity contribution in [3.8, 4) is 0 Å². The Bertz CT molecular complexity index is 833. The van der Waals surface area contributed by atoms with Gasteiger partial charge in [-0.05, 0) is 36.6 Å². The number of thioether (sulfide) groups is 1. The standard InChI is InChI=1S/C23H28Cl2N2O2S/c1-3-4-12-26-23(29)17(2)27(14-19-10-11-20(24)21(25)13-19)22(28)16-30-15-18-8-6-5-7-9-18/h5-11,13,17H,3-4,12,14-16H2,1-2H3,(H,26,29)/t17-/m1/s1. The van der Waals surface area contributed by atoms with Crippen molar-refractivity contribution in [2.75, 3.05) is 12.3 Å². The summed E-state index contributed by atoms with van der Waals surface area (Å²) in [5, 5.41) is 3.81. The molecule has 0 fully saturated rings. The molecule has 0 heterocycles. The Morgan fingerprint density at radius 3 is 2.47 bits per heavy atom. The highest BCUT2D eigenvalue weighted by molar-refractivity contribution is 7.99. The van der Waals surface area contributed by atoms with Crippen molar-refractivity contribution >= 4 is 46.8 Å². The fourth-order valence-electron chi connectivity index (χ4n) is 2.87. The van der Waals surface area contributed by atoms with Gasteiger partial charge in [-0.1, -0.05) is 72.9 Å². The van der Waals surface area contributed by atoms with Crippen molar-refractivity contribution in [2.45, 2.75) is 45.0 Å². The van der Waals surface area contributed by atoms with Gasteiger partial charge >= 0.3 is 0 Å². The molecule has 0 spiro atoms. The molecular formula is C23H28Cl2N2O2S. The molecule has 2 aromatic carbocycles. The average Bonchev–Trinajstić information content (AvgIpc) is 2.74. The third-order valence-electron chi connectivity index (χ3n) is 4.67. The molecule has 162 valence electrons. The van der Waals surface area contributed by atoms with Gasteiger partial charge in [-0.3, -0.25) is 9.59 Å². The van der Waals surface area contributed by atoms with Gasteiger partial charge < -0.3 is 10.2 Å². The second-order valence-corrected chi connectivity index (χ2v) is 8.87. The lowest BCUT2D eigenvalue weighted by Crippen LogP contribution is -2.48. The first-order valence-corrected chi connectivity index (χ1v) is 12.0. The van der Waals surface area contributed by atoms with Crippen molar-refractivity contribution in [3.63, 3.8) is 0 Å². The highest BCUT2D eigenvalue weighted by atomic mass is 35.5. The highest BCUT2D eigenvalue weighted by Crippen LogP contribution is 2.24. The zero-order chi connectivity index (χ0) is 21.9. The molecule has 0 saturated heterocycles. The lowest BCUT2D eigenvalue weighted by Gasteiger charge is -2.29. The van der Waals surface area contributed by atoms with E-state index < -0.39 is 6.04 Å². The van der Waals surface area contributed by atoms with E-state index in [4.69, 9.17) is 23.2 Å². The highest BCUT2D eigenvalue weighted by Gasteiger charge is 2.26. The molecule has 1 atom stereocenters. The van der Waals surface area contributed by atoms with Gasteiger partial charge in [0, 0.05) is 18.8 Å². The minimum atomic E-state index is -0.582. The van der Waals surface area contributed by atoms with Crippen LogP contribution >= 0.6 is 35.0 Å². The van der Waals surface area contributed by atoms with Crippen LogP contribution in [0.25, 0.3) is 0 Å². The smallest absolute Gasteiger partial charge is 0.242 e. The average molecular weight is 467 g/mol. The first-order chi connectivity index (χ1) is 14.4. The molecule has 0 radical (unpaired) electrons. The van der Waals surface area contributed by atoms with Crippen LogP contribution in [0.4, 0.5) is 0 Å². The fraction of sp³-hybridized carbons (Fsp3) is 0.391. The molecule has 30 heavy (non-hydrogen) atoms. The molecular weight excluding hydrogens is 439 g/mol. The monoisotopic (exact) mass is 466 g/mol. The van der Waals surface area contributed by atoms with E-state index in [0.29, 0.717) is 28.9 Å². The molecule has 2 rings (SSSR count). The largest absolute Gasteiger partial charge is 0.354 e. The SMILES string of the molecule is CCCCNC(=O)[C@@H](C)N(Cc1ccc(Cl)c(Cl)c1)C(=O)CSCc1ccccc1. The Balaban J connectivity index is 2.07. The van der Waals surface area contributed by atoms with Crippen LogP contribution < -0.4 is 5.32 Å². The van der Waals surface area contributed by atoms with E-state index in [2.05, 4.69) is 12.2 Å². The molecule has 0 saturated carbocycles. The van der Waals surface area contributed by atoms with Crippen molar-refractivity contribution in [3.05, 3.63) is 69.7 Å². The van der Waals surface area contributed by atoms with Crippen molar-refractivity contribution < 1.29 is 9.59 Å². The molecule has 0 aromatic heterocycles. The van der Waals surface area contributed by atoms with Gasteiger partial charge in [0.1, 0.15) is 6.04 Å². The van der Waals surface area contributed by atoms with Crippen LogP contribution in [0.5, 0.6) is 0 Å². The van der Waals surface area contributed by atoms with Crippen molar-refractivity contribution in [1.82, 2.24) is 10.2 Å².